The molecule has 0 spiro atoms. The fourth-order valence-corrected chi connectivity index (χ4v) is 3.17. The summed E-state index contributed by atoms with van der Waals surface area (Å²) in [5.74, 6) is -0.391. The summed E-state index contributed by atoms with van der Waals surface area (Å²) in [6.07, 6.45) is 0. The van der Waals surface area contributed by atoms with Gasteiger partial charge in [0.15, 0.2) is 5.69 Å². The van der Waals surface area contributed by atoms with Crippen molar-refractivity contribution in [1.82, 2.24) is 9.78 Å². The molecule has 2 aromatic carbocycles. The highest BCUT2D eigenvalue weighted by Crippen LogP contribution is 2.35. The van der Waals surface area contributed by atoms with Crippen LogP contribution in [0.4, 0.5) is 5.69 Å². The number of carbonyl (C=O) groups is 1. The topological polar surface area (TPSA) is 56.1 Å². The maximum atomic E-state index is 12.5. The first-order valence-corrected chi connectivity index (χ1v) is 8.38. The van der Waals surface area contributed by atoms with E-state index in [4.69, 9.17) is 4.74 Å². The van der Waals surface area contributed by atoms with Crippen molar-refractivity contribution in [1.29, 1.82) is 0 Å². The van der Waals surface area contributed by atoms with E-state index in [9.17, 15) is 4.79 Å². The molecule has 0 aliphatic carbocycles. The van der Waals surface area contributed by atoms with E-state index in [2.05, 4.69) is 10.4 Å². The van der Waals surface area contributed by atoms with Gasteiger partial charge in [-0.1, -0.05) is 42.0 Å². The summed E-state index contributed by atoms with van der Waals surface area (Å²) >= 11 is 0. The molecule has 0 radical (unpaired) electrons. The number of carbonyl (C=O) groups excluding carboxylic acids is 1. The Kier molecular flexibility index (Phi) is 3.76. The number of aromatic nitrogens is 2. The average Bonchev–Trinajstić information content (AvgIpc) is 3.03. The Labute approximate surface area is 146 Å². The lowest BCUT2D eigenvalue weighted by Crippen LogP contribution is -2.16. The number of rotatable bonds is 3. The van der Waals surface area contributed by atoms with Gasteiger partial charge in [0.25, 0.3) is 0 Å². The molecule has 4 rings (SSSR count). The summed E-state index contributed by atoms with van der Waals surface area (Å²) in [4.78, 5) is 12.5. The first-order chi connectivity index (χ1) is 12.2. The molecule has 1 aromatic heterocycles. The predicted octanol–water partition coefficient (Wildman–Crippen LogP) is 3.95. The van der Waals surface area contributed by atoms with Gasteiger partial charge in [-0.2, -0.15) is 5.10 Å². The van der Waals surface area contributed by atoms with Crippen LogP contribution in [0.1, 0.15) is 28.7 Å². The number of para-hydroxylation sites is 2. The molecule has 0 unspecified atom stereocenters. The van der Waals surface area contributed by atoms with Crippen molar-refractivity contribution in [3.63, 3.8) is 0 Å². The number of ether oxygens (including phenoxy) is 1. The lowest BCUT2D eigenvalue weighted by Gasteiger charge is -2.20. The summed E-state index contributed by atoms with van der Waals surface area (Å²) < 4.78 is 7.10. The van der Waals surface area contributed by atoms with Gasteiger partial charge >= 0.3 is 5.97 Å². The summed E-state index contributed by atoms with van der Waals surface area (Å²) in [6, 6.07) is 16.1. The zero-order valence-electron chi connectivity index (χ0n) is 14.2. The SMILES string of the molecule is CCOC(=O)c1nn2c(c1-c1ccc(C)cc1)CNc1ccccc1-2. The molecule has 1 N–H and O–H groups in total. The minimum atomic E-state index is -0.391. The molecular weight excluding hydrogens is 314 g/mol. The Morgan fingerprint density at radius 2 is 1.96 bits per heavy atom. The summed E-state index contributed by atoms with van der Waals surface area (Å²) in [5, 5.41) is 8.02. The minimum absolute atomic E-state index is 0.323. The van der Waals surface area contributed by atoms with E-state index in [0.29, 0.717) is 18.8 Å². The third kappa shape index (κ3) is 2.58. The van der Waals surface area contributed by atoms with Crippen LogP contribution in [0.25, 0.3) is 16.8 Å². The number of hydrogen-bond donors (Lipinski definition) is 1. The molecule has 5 nitrogen and oxygen atoms in total. The molecule has 1 aliphatic rings. The van der Waals surface area contributed by atoms with Gasteiger partial charge in [-0.3, -0.25) is 0 Å². The molecular formula is C20H19N3O2. The molecule has 0 fully saturated rings. The zero-order chi connectivity index (χ0) is 17.4. The van der Waals surface area contributed by atoms with E-state index >= 15 is 0 Å². The molecule has 0 saturated carbocycles. The van der Waals surface area contributed by atoms with Gasteiger partial charge in [0, 0.05) is 5.56 Å². The Bertz CT molecular complexity index is 942. The number of nitrogens with one attached hydrogen (secondary N) is 1. The van der Waals surface area contributed by atoms with Crippen molar-refractivity contribution in [3.8, 4) is 16.8 Å². The first kappa shape index (κ1) is 15.4. The standard InChI is InChI=1S/C20H19N3O2/c1-3-25-20(24)19-18(14-10-8-13(2)9-11-14)17-12-21-15-6-4-5-7-16(15)23(17)22-19/h4-11,21H,3,12H2,1-2H3. The van der Waals surface area contributed by atoms with Crippen LogP contribution in [0.2, 0.25) is 0 Å². The number of esters is 1. The highest BCUT2D eigenvalue weighted by Gasteiger charge is 2.28. The third-order valence-electron chi connectivity index (χ3n) is 4.37. The second-order valence-electron chi connectivity index (χ2n) is 6.04. The number of nitrogens with zero attached hydrogens (tertiary/aromatic N) is 2. The average molecular weight is 333 g/mol. The maximum absolute atomic E-state index is 12.5. The number of anilines is 1. The van der Waals surface area contributed by atoms with Crippen LogP contribution in [-0.2, 0) is 11.3 Å². The normalized spacial score (nSPS) is 12.1. The van der Waals surface area contributed by atoms with E-state index in [-0.39, 0.29) is 0 Å². The summed E-state index contributed by atoms with van der Waals surface area (Å²) in [7, 11) is 0. The molecule has 0 saturated heterocycles. The van der Waals surface area contributed by atoms with Gasteiger partial charge in [0.2, 0.25) is 0 Å². The largest absolute Gasteiger partial charge is 0.461 e. The third-order valence-corrected chi connectivity index (χ3v) is 4.37. The molecule has 0 amide bonds. The fraction of sp³-hybridized carbons (Fsp3) is 0.200. The van der Waals surface area contributed by atoms with Crippen molar-refractivity contribution in [2.24, 2.45) is 0 Å². The maximum Gasteiger partial charge on any atom is 0.359 e. The lowest BCUT2D eigenvalue weighted by atomic mass is 10.0. The fourth-order valence-electron chi connectivity index (χ4n) is 3.17. The molecule has 0 atom stereocenters. The van der Waals surface area contributed by atoms with Crippen molar-refractivity contribution in [2.45, 2.75) is 20.4 Å². The van der Waals surface area contributed by atoms with Crippen LogP contribution in [0.15, 0.2) is 48.5 Å². The Morgan fingerprint density at radius 3 is 2.72 bits per heavy atom. The Morgan fingerprint density at radius 1 is 1.20 bits per heavy atom. The van der Waals surface area contributed by atoms with Crippen LogP contribution in [0.3, 0.4) is 0 Å². The number of hydrogen-bond acceptors (Lipinski definition) is 4. The second-order valence-corrected chi connectivity index (χ2v) is 6.04. The number of fused-ring (bicyclic) bond motifs is 3. The summed E-state index contributed by atoms with van der Waals surface area (Å²) in [5.41, 5.74) is 6.24. The lowest BCUT2D eigenvalue weighted by molar-refractivity contribution is 0.0520. The van der Waals surface area contributed by atoms with Crippen LogP contribution in [0, 0.1) is 6.92 Å². The molecule has 3 aromatic rings. The van der Waals surface area contributed by atoms with Crippen molar-refractivity contribution < 1.29 is 9.53 Å². The molecule has 1 aliphatic heterocycles. The van der Waals surface area contributed by atoms with E-state index < -0.39 is 5.97 Å². The highest BCUT2D eigenvalue weighted by molar-refractivity contribution is 5.96. The van der Waals surface area contributed by atoms with Crippen molar-refractivity contribution in [3.05, 3.63) is 65.5 Å². The molecule has 25 heavy (non-hydrogen) atoms. The van der Waals surface area contributed by atoms with Gasteiger partial charge in [-0.05, 0) is 31.5 Å². The zero-order valence-corrected chi connectivity index (χ0v) is 14.2. The van der Waals surface area contributed by atoms with E-state index in [1.807, 2.05) is 60.1 Å². The van der Waals surface area contributed by atoms with Gasteiger partial charge < -0.3 is 10.1 Å². The molecule has 0 bridgehead atoms. The van der Waals surface area contributed by atoms with Gasteiger partial charge in [-0.15, -0.1) is 0 Å². The Hall–Kier alpha value is -3.08. The quantitative estimate of drug-likeness (QED) is 0.737. The Balaban J connectivity index is 1.95. The van der Waals surface area contributed by atoms with Crippen molar-refractivity contribution in [2.75, 3.05) is 11.9 Å². The molecule has 126 valence electrons. The highest BCUT2D eigenvalue weighted by atomic mass is 16.5. The van der Waals surface area contributed by atoms with E-state index in [1.165, 1.54) is 5.56 Å². The van der Waals surface area contributed by atoms with Crippen LogP contribution in [0.5, 0.6) is 0 Å². The van der Waals surface area contributed by atoms with Gasteiger partial charge in [0.1, 0.15) is 0 Å². The minimum Gasteiger partial charge on any atom is -0.461 e. The van der Waals surface area contributed by atoms with Crippen LogP contribution < -0.4 is 5.32 Å². The first-order valence-electron chi connectivity index (χ1n) is 8.38. The smallest absolute Gasteiger partial charge is 0.359 e. The predicted molar refractivity (Wildman–Crippen MR) is 97.0 cm³/mol. The molecule has 5 heteroatoms. The van der Waals surface area contributed by atoms with Crippen molar-refractivity contribution >= 4 is 11.7 Å². The van der Waals surface area contributed by atoms with Crippen LogP contribution >= 0.6 is 0 Å². The second kappa shape index (κ2) is 6.09. The summed E-state index contributed by atoms with van der Waals surface area (Å²) in [6.45, 7) is 4.77. The monoisotopic (exact) mass is 333 g/mol. The number of aryl methyl sites for hydroxylation is 1. The molecule has 2 heterocycles. The number of benzene rings is 2. The van der Waals surface area contributed by atoms with Gasteiger partial charge in [-0.25, -0.2) is 9.48 Å². The van der Waals surface area contributed by atoms with E-state index in [0.717, 1.165) is 28.2 Å². The van der Waals surface area contributed by atoms with E-state index in [1.54, 1.807) is 6.92 Å². The van der Waals surface area contributed by atoms with Crippen LogP contribution in [-0.4, -0.2) is 22.4 Å². The van der Waals surface area contributed by atoms with Gasteiger partial charge in [0.05, 0.1) is 30.2 Å².